The smallest absolute Gasteiger partial charge is 0.253 e. The number of ether oxygens (including phenoxy) is 2. The molecule has 0 aliphatic carbocycles. The first-order valence-corrected chi connectivity index (χ1v) is 8.31. The molecule has 0 fully saturated rings. The normalized spacial score (nSPS) is 10.1. The molecule has 27 heavy (non-hydrogen) atoms. The first kappa shape index (κ1) is 18.2. The van der Waals surface area contributed by atoms with Crippen molar-refractivity contribution in [3.8, 4) is 11.5 Å². The number of aromatic nitrogens is 2. The van der Waals surface area contributed by atoms with E-state index in [0.29, 0.717) is 29.3 Å². The number of hydrogen-bond acceptors (Lipinski definition) is 6. The molecule has 2 N–H and O–H groups in total. The number of hydrogen-bond donors (Lipinski definition) is 2. The molecular weight excluding hydrogens is 344 g/mol. The quantitative estimate of drug-likeness (QED) is 0.670. The van der Waals surface area contributed by atoms with Crippen molar-refractivity contribution in [1.82, 2.24) is 15.3 Å². The van der Waals surface area contributed by atoms with Crippen molar-refractivity contribution in [3.05, 3.63) is 72.3 Å². The van der Waals surface area contributed by atoms with Gasteiger partial charge in [-0.25, -0.2) is 0 Å². The minimum atomic E-state index is -0.206. The topological polar surface area (TPSA) is 85.4 Å². The van der Waals surface area contributed by atoms with Crippen LogP contribution in [0.3, 0.4) is 0 Å². The van der Waals surface area contributed by atoms with Crippen LogP contribution in [0.25, 0.3) is 0 Å². The van der Waals surface area contributed by atoms with Crippen molar-refractivity contribution in [1.29, 1.82) is 0 Å². The van der Waals surface area contributed by atoms with Crippen molar-refractivity contribution in [2.45, 2.75) is 6.54 Å². The lowest BCUT2D eigenvalue weighted by atomic mass is 10.2. The van der Waals surface area contributed by atoms with E-state index in [9.17, 15) is 4.79 Å². The minimum Gasteiger partial charge on any atom is -0.493 e. The van der Waals surface area contributed by atoms with Gasteiger partial charge in [-0.1, -0.05) is 6.07 Å². The summed E-state index contributed by atoms with van der Waals surface area (Å²) < 4.78 is 10.5. The number of anilines is 2. The SMILES string of the molecule is COc1ccc(Nc2cncc(C(=O)NCc3cccnc3)c2)cc1OC. The van der Waals surface area contributed by atoms with Crippen LogP contribution < -0.4 is 20.1 Å². The Bertz CT molecular complexity index is 916. The van der Waals surface area contributed by atoms with Crippen LogP contribution in [0.2, 0.25) is 0 Å². The van der Waals surface area contributed by atoms with Crippen LogP contribution in [0.5, 0.6) is 11.5 Å². The second-order valence-corrected chi connectivity index (χ2v) is 5.70. The van der Waals surface area contributed by atoms with E-state index in [-0.39, 0.29) is 5.91 Å². The molecule has 0 aliphatic rings. The summed E-state index contributed by atoms with van der Waals surface area (Å²) in [5, 5.41) is 6.07. The van der Waals surface area contributed by atoms with Gasteiger partial charge in [-0.2, -0.15) is 0 Å². The Labute approximate surface area is 157 Å². The van der Waals surface area contributed by atoms with Crippen molar-refractivity contribution in [3.63, 3.8) is 0 Å². The maximum Gasteiger partial charge on any atom is 0.253 e. The molecule has 1 aromatic carbocycles. The van der Waals surface area contributed by atoms with Crippen molar-refractivity contribution >= 4 is 17.3 Å². The maximum atomic E-state index is 12.4. The second kappa shape index (κ2) is 8.66. The summed E-state index contributed by atoms with van der Waals surface area (Å²) in [5.41, 5.74) is 2.88. The second-order valence-electron chi connectivity index (χ2n) is 5.70. The van der Waals surface area contributed by atoms with E-state index in [1.165, 1.54) is 6.20 Å². The van der Waals surface area contributed by atoms with Gasteiger partial charge in [-0.3, -0.25) is 14.8 Å². The predicted molar refractivity (Wildman–Crippen MR) is 102 cm³/mol. The highest BCUT2D eigenvalue weighted by Gasteiger charge is 2.09. The van der Waals surface area contributed by atoms with Gasteiger partial charge in [-0.15, -0.1) is 0 Å². The fourth-order valence-corrected chi connectivity index (χ4v) is 2.50. The number of carbonyl (C=O) groups is 1. The summed E-state index contributed by atoms with van der Waals surface area (Å²) in [5.74, 6) is 1.05. The van der Waals surface area contributed by atoms with Crippen molar-refractivity contribution < 1.29 is 14.3 Å². The lowest BCUT2D eigenvalue weighted by Gasteiger charge is -2.12. The van der Waals surface area contributed by atoms with Gasteiger partial charge >= 0.3 is 0 Å². The van der Waals surface area contributed by atoms with E-state index in [2.05, 4.69) is 20.6 Å². The molecule has 1 amide bonds. The van der Waals surface area contributed by atoms with Crippen LogP contribution in [-0.4, -0.2) is 30.1 Å². The van der Waals surface area contributed by atoms with Gasteiger partial charge in [0.2, 0.25) is 0 Å². The maximum absolute atomic E-state index is 12.4. The third-order valence-corrected chi connectivity index (χ3v) is 3.85. The predicted octanol–water partition coefficient (Wildman–Crippen LogP) is 3.17. The van der Waals surface area contributed by atoms with Crippen LogP contribution in [0.15, 0.2) is 61.2 Å². The molecule has 0 saturated heterocycles. The number of pyridine rings is 2. The molecule has 2 aromatic heterocycles. The van der Waals surface area contributed by atoms with Gasteiger partial charge in [0.25, 0.3) is 5.91 Å². The van der Waals surface area contributed by atoms with Gasteiger partial charge in [0.1, 0.15) is 0 Å². The zero-order valence-corrected chi connectivity index (χ0v) is 15.1. The Morgan fingerprint density at radius 1 is 0.963 bits per heavy atom. The van der Waals surface area contributed by atoms with E-state index < -0.39 is 0 Å². The number of rotatable bonds is 7. The highest BCUT2D eigenvalue weighted by molar-refractivity contribution is 5.94. The largest absolute Gasteiger partial charge is 0.493 e. The van der Waals surface area contributed by atoms with E-state index in [1.807, 2.05) is 24.3 Å². The Hall–Kier alpha value is -3.61. The zero-order valence-electron chi connectivity index (χ0n) is 15.1. The first-order chi connectivity index (χ1) is 13.2. The molecule has 0 spiro atoms. The van der Waals surface area contributed by atoms with Crippen LogP contribution in [-0.2, 0) is 6.54 Å². The van der Waals surface area contributed by atoms with E-state index in [1.54, 1.807) is 44.9 Å². The average molecular weight is 364 g/mol. The number of nitrogens with zero attached hydrogens (tertiary/aromatic N) is 2. The van der Waals surface area contributed by atoms with Gasteiger partial charge < -0.3 is 20.1 Å². The van der Waals surface area contributed by atoms with Crippen LogP contribution in [0.4, 0.5) is 11.4 Å². The number of nitrogens with one attached hydrogen (secondary N) is 2. The molecular formula is C20H20N4O3. The number of benzene rings is 1. The van der Waals surface area contributed by atoms with Gasteiger partial charge in [0, 0.05) is 36.9 Å². The molecule has 7 heteroatoms. The van der Waals surface area contributed by atoms with Crippen LogP contribution in [0.1, 0.15) is 15.9 Å². The van der Waals surface area contributed by atoms with Crippen molar-refractivity contribution in [2.24, 2.45) is 0 Å². The zero-order chi connectivity index (χ0) is 19.1. The molecule has 3 rings (SSSR count). The highest BCUT2D eigenvalue weighted by atomic mass is 16.5. The molecule has 0 atom stereocenters. The number of carbonyl (C=O) groups excluding carboxylic acids is 1. The molecule has 3 aromatic rings. The molecule has 138 valence electrons. The van der Waals surface area contributed by atoms with Crippen LogP contribution in [0, 0.1) is 0 Å². The molecule has 2 heterocycles. The number of methoxy groups -OCH3 is 2. The summed E-state index contributed by atoms with van der Waals surface area (Å²) in [4.78, 5) is 20.5. The Morgan fingerprint density at radius 2 is 1.81 bits per heavy atom. The summed E-state index contributed by atoms with van der Waals surface area (Å²) in [6.45, 7) is 0.403. The monoisotopic (exact) mass is 364 g/mol. The molecule has 0 radical (unpaired) electrons. The molecule has 0 bridgehead atoms. The third-order valence-electron chi connectivity index (χ3n) is 3.85. The lowest BCUT2D eigenvalue weighted by molar-refractivity contribution is 0.0950. The summed E-state index contributed by atoms with van der Waals surface area (Å²) in [6.07, 6.45) is 6.58. The molecule has 0 aliphatic heterocycles. The highest BCUT2D eigenvalue weighted by Crippen LogP contribution is 2.31. The third kappa shape index (κ3) is 4.72. The lowest BCUT2D eigenvalue weighted by Crippen LogP contribution is -2.23. The van der Waals surface area contributed by atoms with E-state index >= 15 is 0 Å². The summed E-state index contributed by atoms with van der Waals surface area (Å²) in [6, 6.07) is 10.9. The standard InChI is InChI=1S/C20H20N4O3/c1-26-18-6-5-16(9-19(18)27-2)24-17-8-15(12-22-13-17)20(25)23-11-14-4-3-7-21-10-14/h3-10,12-13,24H,11H2,1-2H3,(H,23,25). The van der Waals surface area contributed by atoms with Crippen LogP contribution >= 0.6 is 0 Å². The fourth-order valence-electron chi connectivity index (χ4n) is 2.50. The number of amides is 1. The first-order valence-electron chi connectivity index (χ1n) is 8.31. The Balaban J connectivity index is 1.69. The van der Waals surface area contributed by atoms with Gasteiger partial charge in [0.15, 0.2) is 11.5 Å². The minimum absolute atomic E-state index is 0.206. The molecule has 0 unspecified atom stereocenters. The molecule has 7 nitrogen and oxygen atoms in total. The Kier molecular flexibility index (Phi) is 5.84. The van der Waals surface area contributed by atoms with E-state index in [4.69, 9.17) is 9.47 Å². The Morgan fingerprint density at radius 3 is 2.56 bits per heavy atom. The van der Waals surface area contributed by atoms with Crippen molar-refractivity contribution in [2.75, 3.05) is 19.5 Å². The summed E-state index contributed by atoms with van der Waals surface area (Å²) >= 11 is 0. The van der Waals surface area contributed by atoms with Gasteiger partial charge in [-0.05, 0) is 29.8 Å². The van der Waals surface area contributed by atoms with Gasteiger partial charge in [0.05, 0.1) is 31.7 Å². The van der Waals surface area contributed by atoms with E-state index in [0.717, 1.165) is 11.3 Å². The average Bonchev–Trinajstić information content (AvgIpc) is 2.73. The molecule has 0 saturated carbocycles. The fraction of sp³-hybridized carbons (Fsp3) is 0.150. The summed E-state index contributed by atoms with van der Waals surface area (Å²) in [7, 11) is 3.17.